The molecule has 0 radical (unpaired) electrons. The Morgan fingerprint density at radius 1 is 1.00 bits per heavy atom. The fourth-order valence-electron chi connectivity index (χ4n) is 3.47. The maximum atomic E-state index is 13.2. The van der Waals surface area contributed by atoms with Crippen molar-refractivity contribution in [2.75, 3.05) is 19.0 Å². The molecule has 4 rings (SSSR count). The minimum absolute atomic E-state index is 0.00372. The van der Waals surface area contributed by atoms with E-state index in [1.54, 1.807) is 18.2 Å². The number of ether oxygens (including phenoxy) is 2. The number of para-hydroxylation sites is 1. The van der Waals surface area contributed by atoms with Crippen molar-refractivity contribution in [2.45, 2.75) is 6.54 Å². The number of imide groups is 1. The molecule has 0 bridgehead atoms. The lowest BCUT2D eigenvalue weighted by Crippen LogP contribution is -2.30. The van der Waals surface area contributed by atoms with Crippen molar-refractivity contribution in [3.8, 4) is 11.5 Å². The van der Waals surface area contributed by atoms with Crippen LogP contribution in [-0.2, 0) is 16.1 Å². The minimum Gasteiger partial charge on any atom is -0.493 e. The number of methoxy groups -OCH3 is 1. The van der Waals surface area contributed by atoms with Gasteiger partial charge in [-0.05, 0) is 54.1 Å². The van der Waals surface area contributed by atoms with Gasteiger partial charge in [0.1, 0.15) is 17.3 Å². The van der Waals surface area contributed by atoms with E-state index in [1.165, 1.54) is 61.7 Å². The third-order valence-electron chi connectivity index (χ3n) is 5.22. The lowest BCUT2D eigenvalue weighted by atomic mass is 10.1. The molecule has 10 heteroatoms. The summed E-state index contributed by atoms with van der Waals surface area (Å²) in [5.74, 6) is -1.44. The van der Waals surface area contributed by atoms with Gasteiger partial charge < -0.3 is 20.1 Å². The van der Waals surface area contributed by atoms with Gasteiger partial charge >= 0.3 is 6.03 Å². The molecule has 1 aliphatic heterocycles. The average Bonchev–Trinajstić information content (AvgIpc) is 3.13. The summed E-state index contributed by atoms with van der Waals surface area (Å²) in [6.07, 6.45) is 1.42. The van der Waals surface area contributed by atoms with Crippen LogP contribution in [0.2, 0.25) is 0 Å². The van der Waals surface area contributed by atoms with E-state index in [4.69, 9.17) is 9.47 Å². The highest BCUT2D eigenvalue weighted by molar-refractivity contribution is 6.14. The highest BCUT2D eigenvalue weighted by atomic mass is 19.1. The summed E-state index contributed by atoms with van der Waals surface area (Å²) >= 11 is 0. The largest absolute Gasteiger partial charge is 0.493 e. The van der Waals surface area contributed by atoms with Crippen LogP contribution in [0.1, 0.15) is 11.1 Å². The normalized spacial score (nSPS) is 14.1. The van der Waals surface area contributed by atoms with Crippen molar-refractivity contribution in [3.63, 3.8) is 0 Å². The zero-order valence-electron chi connectivity index (χ0n) is 19.1. The molecular formula is C26H21F2N3O5. The number of carbonyl (C=O) groups excluding carboxylic acids is 3. The van der Waals surface area contributed by atoms with Crippen LogP contribution in [0, 0.1) is 11.6 Å². The predicted molar refractivity (Wildman–Crippen MR) is 127 cm³/mol. The van der Waals surface area contributed by atoms with E-state index in [9.17, 15) is 23.2 Å². The number of halogens is 2. The van der Waals surface area contributed by atoms with Crippen molar-refractivity contribution in [1.29, 1.82) is 0 Å². The fraction of sp³-hybridized carbons (Fsp3) is 0.115. The van der Waals surface area contributed by atoms with E-state index in [-0.39, 0.29) is 18.0 Å². The topological polar surface area (TPSA) is 97.0 Å². The smallest absolute Gasteiger partial charge is 0.329 e. The summed E-state index contributed by atoms with van der Waals surface area (Å²) in [6.45, 7) is -0.432. The van der Waals surface area contributed by atoms with Gasteiger partial charge in [-0.3, -0.25) is 14.5 Å². The fourth-order valence-corrected chi connectivity index (χ4v) is 3.47. The van der Waals surface area contributed by atoms with Gasteiger partial charge in [-0.25, -0.2) is 13.6 Å². The second-order valence-electron chi connectivity index (χ2n) is 7.73. The van der Waals surface area contributed by atoms with Gasteiger partial charge in [0, 0.05) is 11.3 Å². The Labute approximate surface area is 205 Å². The van der Waals surface area contributed by atoms with Gasteiger partial charge in [-0.15, -0.1) is 0 Å². The van der Waals surface area contributed by atoms with E-state index < -0.39 is 36.1 Å². The number of carbonyl (C=O) groups is 3. The SMILES string of the molecule is COc1cccc(/C=C2/NC(=O)N(Cc3ccc(F)cc3)C2=O)c1OCC(=O)Nc1ccc(F)cc1. The summed E-state index contributed by atoms with van der Waals surface area (Å²) in [5.41, 5.74) is 1.36. The first-order valence-electron chi connectivity index (χ1n) is 10.8. The minimum atomic E-state index is -0.625. The van der Waals surface area contributed by atoms with Crippen LogP contribution in [0.4, 0.5) is 19.3 Å². The van der Waals surface area contributed by atoms with Crippen molar-refractivity contribution in [3.05, 3.63) is 95.2 Å². The van der Waals surface area contributed by atoms with Crippen LogP contribution < -0.4 is 20.1 Å². The van der Waals surface area contributed by atoms with Crippen LogP contribution in [0.5, 0.6) is 11.5 Å². The Morgan fingerprint density at radius 3 is 2.33 bits per heavy atom. The summed E-state index contributed by atoms with van der Waals surface area (Å²) < 4.78 is 37.3. The van der Waals surface area contributed by atoms with E-state index in [2.05, 4.69) is 10.6 Å². The first-order valence-corrected chi connectivity index (χ1v) is 10.8. The van der Waals surface area contributed by atoms with Crippen LogP contribution in [-0.4, -0.2) is 36.5 Å². The Balaban J connectivity index is 1.50. The number of anilines is 1. The lowest BCUT2D eigenvalue weighted by molar-refractivity contribution is -0.123. The molecule has 1 aliphatic rings. The molecule has 2 N–H and O–H groups in total. The molecule has 0 atom stereocenters. The number of hydrogen-bond donors (Lipinski definition) is 2. The first-order chi connectivity index (χ1) is 17.3. The van der Waals surface area contributed by atoms with Gasteiger partial charge in [0.25, 0.3) is 11.8 Å². The highest BCUT2D eigenvalue weighted by Gasteiger charge is 2.33. The molecule has 3 aromatic rings. The van der Waals surface area contributed by atoms with E-state index in [0.29, 0.717) is 22.6 Å². The monoisotopic (exact) mass is 493 g/mol. The zero-order chi connectivity index (χ0) is 25.7. The summed E-state index contributed by atoms with van der Waals surface area (Å²) in [5, 5.41) is 5.11. The lowest BCUT2D eigenvalue weighted by Gasteiger charge is -2.14. The van der Waals surface area contributed by atoms with Crippen LogP contribution in [0.25, 0.3) is 6.08 Å². The third-order valence-corrected chi connectivity index (χ3v) is 5.22. The number of hydrogen-bond acceptors (Lipinski definition) is 5. The third kappa shape index (κ3) is 5.66. The number of urea groups is 1. The maximum Gasteiger partial charge on any atom is 0.329 e. The Morgan fingerprint density at radius 2 is 1.67 bits per heavy atom. The van der Waals surface area contributed by atoms with Crippen molar-refractivity contribution >= 4 is 29.6 Å². The van der Waals surface area contributed by atoms with Crippen molar-refractivity contribution in [1.82, 2.24) is 10.2 Å². The molecule has 184 valence electrons. The van der Waals surface area contributed by atoms with Gasteiger partial charge in [-0.1, -0.05) is 24.3 Å². The molecule has 1 heterocycles. The molecule has 36 heavy (non-hydrogen) atoms. The number of rotatable bonds is 8. The van der Waals surface area contributed by atoms with E-state index in [0.717, 1.165) is 4.90 Å². The number of amides is 4. The van der Waals surface area contributed by atoms with Gasteiger partial charge in [0.05, 0.1) is 13.7 Å². The van der Waals surface area contributed by atoms with Gasteiger partial charge in [-0.2, -0.15) is 0 Å². The molecular weight excluding hydrogens is 472 g/mol. The van der Waals surface area contributed by atoms with Crippen LogP contribution in [0.3, 0.4) is 0 Å². The van der Waals surface area contributed by atoms with Gasteiger partial charge in [0.15, 0.2) is 18.1 Å². The quantitative estimate of drug-likeness (QED) is 0.364. The Bertz CT molecular complexity index is 1320. The summed E-state index contributed by atoms with van der Waals surface area (Å²) in [7, 11) is 1.42. The molecule has 0 saturated carbocycles. The number of nitrogens with one attached hydrogen (secondary N) is 2. The standard InChI is InChI=1S/C26H21F2N3O5/c1-35-22-4-2-3-17(24(22)36-15-23(32)29-20-11-9-19(28)10-12-20)13-21-25(33)31(26(34)30-21)14-16-5-7-18(27)8-6-16/h2-13H,14-15H2,1H3,(H,29,32)(H,30,34)/b21-13+. The molecule has 4 amide bonds. The van der Waals surface area contributed by atoms with Crippen LogP contribution >= 0.6 is 0 Å². The zero-order valence-corrected chi connectivity index (χ0v) is 19.1. The maximum absolute atomic E-state index is 13.2. The molecule has 0 aliphatic carbocycles. The summed E-state index contributed by atoms with van der Waals surface area (Å²) in [4.78, 5) is 38.6. The molecule has 1 saturated heterocycles. The first kappa shape index (κ1) is 24.4. The predicted octanol–water partition coefficient (Wildman–Crippen LogP) is 4.08. The Hall–Kier alpha value is -4.73. The van der Waals surface area contributed by atoms with E-state index >= 15 is 0 Å². The molecule has 0 spiro atoms. The second-order valence-corrected chi connectivity index (χ2v) is 7.73. The average molecular weight is 493 g/mol. The molecule has 1 fully saturated rings. The Kier molecular flexibility index (Phi) is 7.24. The molecule has 3 aromatic carbocycles. The summed E-state index contributed by atoms with van der Waals surface area (Å²) in [6, 6.07) is 15.0. The highest BCUT2D eigenvalue weighted by Crippen LogP contribution is 2.33. The van der Waals surface area contributed by atoms with E-state index in [1.807, 2.05) is 0 Å². The van der Waals surface area contributed by atoms with Crippen molar-refractivity contribution < 1.29 is 32.6 Å². The molecule has 8 nitrogen and oxygen atoms in total. The molecule has 0 unspecified atom stereocenters. The number of nitrogens with zero attached hydrogens (tertiary/aromatic N) is 1. The molecule has 0 aromatic heterocycles. The van der Waals surface area contributed by atoms with Gasteiger partial charge in [0.2, 0.25) is 0 Å². The number of benzene rings is 3. The second kappa shape index (κ2) is 10.7. The van der Waals surface area contributed by atoms with Crippen LogP contribution in [0.15, 0.2) is 72.4 Å². The van der Waals surface area contributed by atoms with Crippen molar-refractivity contribution in [2.24, 2.45) is 0 Å².